The second-order valence-electron chi connectivity index (χ2n) is 4.55. The van der Waals surface area contributed by atoms with Crippen molar-refractivity contribution in [2.24, 2.45) is 0 Å². The van der Waals surface area contributed by atoms with E-state index in [4.69, 9.17) is 11.0 Å². The van der Waals surface area contributed by atoms with Gasteiger partial charge in [0.05, 0.1) is 5.69 Å². The molecule has 5 heteroatoms. The van der Waals surface area contributed by atoms with E-state index in [1.54, 1.807) is 6.07 Å². The fourth-order valence-corrected chi connectivity index (χ4v) is 2.42. The van der Waals surface area contributed by atoms with Crippen LogP contribution in [0.25, 0.3) is 0 Å². The molecule has 1 aliphatic rings. The minimum absolute atomic E-state index is 0.291. The van der Waals surface area contributed by atoms with Gasteiger partial charge in [-0.15, -0.1) is 0 Å². The van der Waals surface area contributed by atoms with Crippen LogP contribution in [-0.2, 0) is 0 Å². The number of likely N-dealkylation sites (tertiary alicyclic amines) is 1. The van der Waals surface area contributed by atoms with E-state index in [1.807, 2.05) is 12.1 Å². The predicted octanol–water partition coefficient (Wildman–Crippen LogP) is 1.43. The van der Waals surface area contributed by atoms with Crippen molar-refractivity contribution in [3.8, 4) is 6.07 Å². The van der Waals surface area contributed by atoms with Crippen molar-refractivity contribution >= 4 is 11.5 Å². The Balaban J connectivity index is 1.96. The van der Waals surface area contributed by atoms with Crippen LogP contribution >= 0.6 is 0 Å². The van der Waals surface area contributed by atoms with Gasteiger partial charge in [0, 0.05) is 12.6 Å². The Labute approximate surface area is 108 Å². The van der Waals surface area contributed by atoms with E-state index in [-0.39, 0.29) is 0 Å². The van der Waals surface area contributed by atoms with Crippen molar-refractivity contribution in [3.63, 3.8) is 0 Å². The van der Waals surface area contributed by atoms with Crippen molar-refractivity contribution in [1.29, 1.82) is 5.26 Å². The molecule has 0 bridgehead atoms. The molecule has 0 saturated carbocycles. The molecule has 18 heavy (non-hydrogen) atoms. The van der Waals surface area contributed by atoms with Crippen LogP contribution in [0.15, 0.2) is 12.1 Å². The third-order valence-electron chi connectivity index (χ3n) is 3.46. The summed E-state index contributed by atoms with van der Waals surface area (Å²) in [6.07, 6.45) is 2.49. The summed E-state index contributed by atoms with van der Waals surface area (Å²) in [7, 11) is 0. The number of rotatable bonds is 4. The molecule has 0 radical (unpaired) electrons. The summed E-state index contributed by atoms with van der Waals surface area (Å²) in [5.41, 5.74) is 6.36. The van der Waals surface area contributed by atoms with E-state index in [0.717, 1.165) is 18.9 Å². The Hall–Kier alpha value is -1.80. The molecular formula is C13H19N5. The van der Waals surface area contributed by atoms with Crippen LogP contribution in [0.5, 0.6) is 0 Å². The lowest BCUT2D eigenvalue weighted by Crippen LogP contribution is -2.34. The van der Waals surface area contributed by atoms with Gasteiger partial charge in [-0.1, -0.05) is 6.92 Å². The van der Waals surface area contributed by atoms with Crippen LogP contribution in [-0.4, -0.2) is 35.6 Å². The smallest absolute Gasteiger partial charge is 0.165 e. The molecule has 1 saturated heterocycles. The zero-order chi connectivity index (χ0) is 13.0. The van der Waals surface area contributed by atoms with Crippen molar-refractivity contribution in [2.75, 3.05) is 30.7 Å². The number of hydrogen-bond acceptors (Lipinski definition) is 5. The maximum Gasteiger partial charge on any atom is 0.165 e. The summed E-state index contributed by atoms with van der Waals surface area (Å²) in [5, 5.41) is 12.2. The Morgan fingerprint density at radius 3 is 3.17 bits per heavy atom. The van der Waals surface area contributed by atoms with Gasteiger partial charge in [-0.2, -0.15) is 5.26 Å². The fraction of sp³-hybridized carbons (Fsp3) is 0.538. The number of nitrogens with two attached hydrogens (primary N) is 1. The lowest BCUT2D eigenvalue weighted by atomic mass is 10.2. The Morgan fingerprint density at radius 1 is 1.61 bits per heavy atom. The highest BCUT2D eigenvalue weighted by Crippen LogP contribution is 2.18. The van der Waals surface area contributed by atoms with Gasteiger partial charge >= 0.3 is 0 Å². The molecule has 2 rings (SSSR count). The van der Waals surface area contributed by atoms with Crippen LogP contribution in [0.1, 0.15) is 25.5 Å². The highest BCUT2D eigenvalue weighted by Gasteiger charge is 2.22. The van der Waals surface area contributed by atoms with Gasteiger partial charge < -0.3 is 11.1 Å². The summed E-state index contributed by atoms with van der Waals surface area (Å²) in [5.74, 6) is 0.726. The number of hydrogen-bond donors (Lipinski definition) is 2. The third kappa shape index (κ3) is 2.71. The molecule has 0 aromatic carbocycles. The molecule has 5 nitrogen and oxygen atoms in total. The first-order valence-electron chi connectivity index (χ1n) is 6.39. The number of aromatic nitrogens is 1. The Kier molecular flexibility index (Phi) is 4.00. The second kappa shape index (κ2) is 5.69. The van der Waals surface area contributed by atoms with E-state index in [0.29, 0.717) is 17.4 Å². The first-order valence-corrected chi connectivity index (χ1v) is 6.39. The molecule has 0 spiro atoms. The zero-order valence-corrected chi connectivity index (χ0v) is 10.7. The van der Waals surface area contributed by atoms with Crippen molar-refractivity contribution in [1.82, 2.24) is 9.88 Å². The maximum absolute atomic E-state index is 8.87. The molecule has 1 unspecified atom stereocenters. The average molecular weight is 245 g/mol. The predicted molar refractivity (Wildman–Crippen MR) is 72.1 cm³/mol. The van der Waals surface area contributed by atoms with Crippen LogP contribution in [0, 0.1) is 11.3 Å². The fourth-order valence-electron chi connectivity index (χ4n) is 2.42. The number of nitrogen functional groups attached to an aromatic ring is 1. The van der Waals surface area contributed by atoms with E-state index >= 15 is 0 Å². The molecular weight excluding hydrogens is 226 g/mol. The molecule has 2 heterocycles. The highest BCUT2D eigenvalue weighted by molar-refractivity contribution is 5.54. The van der Waals surface area contributed by atoms with Crippen molar-refractivity contribution in [3.05, 3.63) is 17.8 Å². The number of pyridine rings is 1. The number of anilines is 2. The van der Waals surface area contributed by atoms with E-state index < -0.39 is 0 Å². The molecule has 96 valence electrons. The SMILES string of the molecule is CCN1CCCC1CNc1ccc(N)c(C#N)n1. The van der Waals surface area contributed by atoms with Crippen LogP contribution in [0.2, 0.25) is 0 Å². The molecule has 1 aliphatic heterocycles. The number of nitriles is 1. The molecule has 0 aliphatic carbocycles. The monoisotopic (exact) mass is 245 g/mol. The zero-order valence-electron chi connectivity index (χ0n) is 10.7. The van der Waals surface area contributed by atoms with Crippen LogP contribution in [0.4, 0.5) is 11.5 Å². The summed E-state index contributed by atoms with van der Waals surface area (Å²) >= 11 is 0. The van der Waals surface area contributed by atoms with Gasteiger partial charge in [0.1, 0.15) is 11.9 Å². The van der Waals surface area contributed by atoms with Gasteiger partial charge in [0.25, 0.3) is 0 Å². The van der Waals surface area contributed by atoms with Gasteiger partial charge in [-0.3, -0.25) is 4.90 Å². The summed E-state index contributed by atoms with van der Waals surface area (Å²) in [4.78, 5) is 6.65. The highest BCUT2D eigenvalue weighted by atomic mass is 15.2. The summed E-state index contributed by atoms with van der Waals surface area (Å²) in [6, 6.07) is 6.11. The molecule has 1 atom stereocenters. The molecule has 1 aromatic heterocycles. The van der Waals surface area contributed by atoms with Crippen molar-refractivity contribution in [2.45, 2.75) is 25.8 Å². The van der Waals surface area contributed by atoms with Gasteiger partial charge in [0.15, 0.2) is 5.69 Å². The second-order valence-corrected chi connectivity index (χ2v) is 4.55. The van der Waals surface area contributed by atoms with E-state index in [1.165, 1.54) is 19.4 Å². The van der Waals surface area contributed by atoms with E-state index in [9.17, 15) is 0 Å². The normalized spacial score (nSPS) is 19.7. The van der Waals surface area contributed by atoms with Gasteiger partial charge in [-0.05, 0) is 38.1 Å². The average Bonchev–Trinajstić information content (AvgIpc) is 2.85. The van der Waals surface area contributed by atoms with E-state index in [2.05, 4.69) is 22.1 Å². The Bertz CT molecular complexity index is 451. The topological polar surface area (TPSA) is 78.0 Å². The Morgan fingerprint density at radius 2 is 2.44 bits per heavy atom. The number of nitrogens with zero attached hydrogens (tertiary/aromatic N) is 3. The summed E-state index contributed by atoms with van der Waals surface area (Å²) < 4.78 is 0. The van der Waals surface area contributed by atoms with Gasteiger partial charge in [0.2, 0.25) is 0 Å². The number of nitrogens with one attached hydrogen (secondary N) is 1. The first-order chi connectivity index (χ1) is 8.74. The first kappa shape index (κ1) is 12.7. The van der Waals surface area contributed by atoms with Crippen LogP contribution < -0.4 is 11.1 Å². The maximum atomic E-state index is 8.87. The summed E-state index contributed by atoms with van der Waals surface area (Å²) in [6.45, 7) is 5.33. The van der Waals surface area contributed by atoms with Gasteiger partial charge in [-0.25, -0.2) is 4.98 Å². The van der Waals surface area contributed by atoms with Crippen molar-refractivity contribution < 1.29 is 0 Å². The van der Waals surface area contributed by atoms with Crippen LogP contribution in [0.3, 0.4) is 0 Å². The lowest BCUT2D eigenvalue weighted by Gasteiger charge is -2.23. The minimum Gasteiger partial charge on any atom is -0.396 e. The third-order valence-corrected chi connectivity index (χ3v) is 3.46. The molecule has 1 aromatic rings. The standard InChI is InChI=1S/C13H19N5/c1-2-18-7-3-4-10(18)9-16-13-6-5-11(15)12(8-14)17-13/h5-6,10H,2-4,7,9,15H2,1H3,(H,16,17). The lowest BCUT2D eigenvalue weighted by molar-refractivity contribution is 0.277. The molecule has 3 N–H and O–H groups in total. The number of likely N-dealkylation sites (N-methyl/N-ethyl adjacent to an activating group) is 1. The largest absolute Gasteiger partial charge is 0.396 e. The minimum atomic E-state index is 0.291. The quantitative estimate of drug-likeness (QED) is 0.839. The molecule has 0 amide bonds. The molecule has 1 fully saturated rings.